The zero-order chi connectivity index (χ0) is 11.8. The Balaban J connectivity index is 1.87. The summed E-state index contributed by atoms with van der Waals surface area (Å²) in [5.74, 6) is 0.694. The highest BCUT2D eigenvalue weighted by Crippen LogP contribution is 2.36. The van der Waals surface area contributed by atoms with E-state index in [0.717, 1.165) is 12.8 Å². The fourth-order valence-electron chi connectivity index (χ4n) is 2.91. The summed E-state index contributed by atoms with van der Waals surface area (Å²) in [6, 6.07) is 4.20. The zero-order valence-electron chi connectivity index (χ0n) is 9.62. The van der Waals surface area contributed by atoms with Crippen molar-refractivity contribution in [1.82, 2.24) is 0 Å². The smallest absolute Gasteiger partial charge is 0.170 e. The molecule has 1 atom stereocenters. The van der Waals surface area contributed by atoms with Crippen molar-refractivity contribution < 1.29 is 13.9 Å². The van der Waals surface area contributed by atoms with Gasteiger partial charge in [0, 0.05) is 6.42 Å². The molecule has 1 heterocycles. The average Bonchev–Trinajstić information content (AvgIpc) is 2.83. The van der Waals surface area contributed by atoms with Crippen LogP contribution >= 0.6 is 0 Å². The van der Waals surface area contributed by atoms with Crippen molar-refractivity contribution in [2.24, 2.45) is 5.92 Å². The molecule has 17 heavy (non-hydrogen) atoms. The first-order valence-corrected chi connectivity index (χ1v) is 6.23. The summed E-state index contributed by atoms with van der Waals surface area (Å²) in [6.07, 6.45) is 5.16. The minimum absolute atomic E-state index is 0.00274. The van der Waals surface area contributed by atoms with Gasteiger partial charge in [0.1, 0.15) is 17.7 Å². The van der Waals surface area contributed by atoms with Crippen LogP contribution in [-0.4, -0.2) is 11.9 Å². The largest absolute Gasteiger partial charge is 0.489 e. The Bertz CT molecular complexity index is 450. The standard InChI is InChI=1S/C14H15FO2/c15-10-5-6-13-11(7-10)12(16)8-14(17-13)9-3-1-2-4-9/h5-7,9,14H,1-4,8H2. The number of rotatable bonds is 1. The molecular formula is C14H15FO2. The highest BCUT2D eigenvalue weighted by atomic mass is 19.1. The third kappa shape index (κ3) is 1.94. The molecule has 1 aromatic rings. The summed E-state index contributed by atoms with van der Waals surface area (Å²) >= 11 is 0. The van der Waals surface area contributed by atoms with Crippen LogP contribution in [0.15, 0.2) is 18.2 Å². The molecule has 1 aromatic carbocycles. The van der Waals surface area contributed by atoms with Gasteiger partial charge in [0.15, 0.2) is 5.78 Å². The topological polar surface area (TPSA) is 26.3 Å². The maximum atomic E-state index is 13.1. The van der Waals surface area contributed by atoms with Crippen molar-refractivity contribution in [3.8, 4) is 5.75 Å². The molecule has 1 fully saturated rings. The molecule has 0 aromatic heterocycles. The first kappa shape index (κ1) is 10.8. The number of halogens is 1. The average molecular weight is 234 g/mol. The van der Waals surface area contributed by atoms with E-state index in [1.54, 1.807) is 6.07 Å². The quantitative estimate of drug-likeness (QED) is 0.744. The van der Waals surface area contributed by atoms with E-state index in [4.69, 9.17) is 4.74 Å². The van der Waals surface area contributed by atoms with Crippen molar-refractivity contribution in [2.75, 3.05) is 0 Å². The van der Waals surface area contributed by atoms with Crippen molar-refractivity contribution in [1.29, 1.82) is 0 Å². The first-order valence-electron chi connectivity index (χ1n) is 6.23. The second-order valence-electron chi connectivity index (χ2n) is 4.97. The number of benzene rings is 1. The molecule has 90 valence electrons. The molecule has 2 aliphatic rings. The number of hydrogen-bond donors (Lipinski definition) is 0. The fourth-order valence-corrected chi connectivity index (χ4v) is 2.91. The van der Waals surface area contributed by atoms with Crippen LogP contribution in [0.3, 0.4) is 0 Å². The summed E-state index contributed by atoms with van der Waals surface area (Å²) in [6.45, 7) is 0. The molecule has 0 amide bonds. The number of fused-ring (bicyclic) bond motifs is 1. The second kappa shape index (κ2) is 4.13. The Kier molecular flexibility index (Phi) is 2.61. The van der Waals surface area contributed by atoms with E-state index in [9.17, 15) is 9.18 Å². The van der Waals surface area contributed by atoms with Crippen molar-refractivity contribution >= 4 is 5.78 Å². The van der Waals surface area contributed by atoms with Crippen LogP contribution < -0.4 is 4.74 Å². The predicted molar refractivity (Wildman–Crippen MR) is 61.7 cm³/mol. The Morgan fingerprint density at radius 1 is 1.24 bits per heavy atom. The molecule has 2 nitrogen and oxygen atoms in total. The third-order valence-corrected chi connectivity index (χ3v) is 3.83. The summed E-state index contributed by atoms with van der Waals surface area (Å²) in [5, 5.41) is 0. The highest BCUT2D eigenvalue weighted by molar-refractivity contribution is 5.99. The van der Waals surface area contributed by atoms with Gasteiger partial charge in [-0.1, -0.05) is 12.8 Å². The van der Waals surface area contributed by atoms with Crippen LogP contribution in [-0.2, 0) is 0 Å². The Morgan fingerprint density at radius 2 is 2.00 bits per heavy atom. The van der Waals surface area contributed by atoms with E-state index in [0.29, 0.717) is 23.7 Å². The maximum Gasteiger partial charge on any atom is 0.170 e. The van der Waals surface area contributed by atoms with Gasteiger partial charge >= 0.3 is 0 Å². The molecule has 0 radical (unpaired) electrons. The number of Topliss-reactive ketones (excluding diaryl/α,β-unsaturated/α-hetero) is 1. The third-order valence-electron chi connectivity index (χ3n) is 3.83. The van der Waals surface area contributed by atoms with Gasteiger partial charge in [0.05, 0.1) is 5.56 Å². The maximum absolute atomic E-state index is 13.1. The Morgan fingerprint density at radius 3 is 2.76 bits per heavy atom. The zero-order valence-corrected chi connectivity index (χ0v) is 9.62. The van der Waals surface area contributed by atoms with Gasteiger partial charge in [-0.3, -0.25) is 4.79 Å². The Labute approximate surface area is 99.8 Å². The van der Waals surface area contributed by atoms with E-state index in [2.05, 4.69) is 0 Å². The van der Waals surface area contributed by atoms with Crippen LogP contribution in [0.5, 0.6) is 5.75 Å². The molecular weight excluding hydrogens is 219 g/mol. The van der Waals surface area contributed by atoms with E-state index < -0.39 is 0 Å². The van der Waals surface area contributed by atoms with E-state index in [1.807, 2.05) is 0 Å². The van der Waals surface area contributed by atoms with Crippen LogP contribution in [0.25, 0.3) is 0 Å². The lowest BCUT2D eigenvalue weighted by molar-refractivity contribution is 0.0736. The van der Waals surface area contributed by atoms with Gasteiger partial charge in [-0.25, -0.2) is 4.39 Å². The summed E-state index contributed by atoms with van der Waals surface area (Å²) in [4.78, 5) is 12.0. The molecule has 0 spiro atoms. The number of carbonyl (C=O) groups is 1. The number of hydrogen-bond acceptors (Lipinski definition) is 2. The molecule has 3 heteroatoms. The summed E-state index contributed by atoms with van der Waals surface area (Å²) < 4.78 is 18.9. The highest BCUT2D eigenvalue weighted by Gasteiger charge is 2.33. The van der Waals surface area contributed by atoms with E-state index in [-0.39, 0.29) is 17.7 Å². The monoisotopic (exact) mass is 234 g/mol. The number of ketones is 1. The molecule has 0 N–H and O–H groups in total. The van der Waals surface area contributed by atoms with E-state index in [1.165, 1.54) is 25.0 Å². The molecule has 1 aliphatic carbocycles. The van der Waals surface area contributed by atoms with E-state index >= 15 is 0 Å². The minimum atomic E-state index is -0.375. The summed E-state index contributed by atoms with van der Waals surface area (Å²) in [7, 11) is 0. The van der Waals surface area contributed by atoms with Crippen LogP contribution in [0, 0.1) is 11.7 Å². The lowest BCUT2D eigenvalue weighted by atomic mass is 9.91. The normalized spacial score (nSPS) is 24.5. The number of carbonyl (C=O) groups excluding carboxylic acids is 1. The van der Waals surface area contributed by atoms with Crippen LogP contribution in [0.2, 0.25) is 0 Å². The lowest BCUT2D eigenvalue weighted by Gasteiger charge is -2.29. The SMILES string of the molecule is O=C1CC(C2CCCC2)Oc2ccc(F)cc21. The van der Waals surface area contributed by atoms with Gasteiger partial charge in [-0.05, 0) is 37.0 Å². The molecule has 0 bridgehead atoms. The summed E-state index contributed by atoms with van der Waals surface area (Å²) in [5.41, 5.74) is 0.402. The van der Waals surface area contributed by atoms with Gasteiger partial charge in [-0.15, -0.1) is 0 Å². The minimum Gasteiger partial charge on any atom is -0.489 e. The fraction of sp³-hybridized carbons (Fsp3) is 0.500. The van der Waals surface area contributed by atoms with Crippen LogP contribution in [0.4, 0.5) is 4.39 Å². The molecule has 1 saturated carbocycles. The number of ether oxygens (including phenoxy) is 1. The molecule has 3 rings (SSSR count). The molecule has 1 aliphatic heterocycles. The Hall–Kier alpha value is -1.38. The van der Waals surface area contributed by atoms with Gasteiger partial charge in [0.25, 0.3) is 0 Å². The van der Waals surface area contributed by atoms with Gasteiger partial charge in [-0.2, -0.15) is 0 Å². The predicted octanol–water partition coefficient (Wildman–Crippen LogP) is 3.35. The van der Waals surface area contributed by atoms with Crippen molar-refractivity contribution in [3.63, 3.8) is 0 Å². The van der Waals surface area contributed by atoms with Gasteiger partial charge in [0.2, 0.25) is 0 Å². The first-order chi connectivity index (χ1) is 8.24. The lowest BCUT2D eigenvalue weighted by Crippen LogP contribution is -2.32. The van der Waals surface area contributed by atoms with Crippen molar-refractivity contribution in [3.05, 3.63) is 29.6 Å². The second-order valence-corrected chi connectivity index (χ2v) is 4.97. The van der Waals surface area contributed by atoms with Crippen LogP contribution in [0.1, 0.15) is 42.5 Å². The van der Waals surface area contributed by atoms with Crippen molar-refractivity contribution in [2.45, 2.75) is 38.2 Å². The van der Waals surface area contributed by atoms with Gasteiger partial charge < -0.3 is 4.74 Å². The molecule has 1 unspecified atom stereocenters. The molecule has 0 saturated heterocycles.